The van der Waals surface area contributed by atoms with E-state index in [1.54, 1.807) is 21.8 Å². The Morgan fingerprint density at radius 3 is 2.30 bits per heavy atom. The Morgan fingerprint density at radius 2 is 1.61 bits per heavy atom. The molecule has 15 nitrogen and oxygen atoms in total. The molecule has 3 aromatic carbocycles. The van der Waals surface area contributed by atoms with E-state index < -0.39 is 0 Å². The molecule has 6 heterocycles. The average Bonchev–Trinajstić information content (AvgIpc) is 3.97. The fraction of sp³-hybridized carbons (Fsp3) is 0.396. The number of nitrogens with zero attached hydrogens (tertiary/aromatic N) is 9. The number of rotatable bonds is 10. The number of amides is 4. The highest BCUT2D eigenvalue weighted by atomic mass is 19.1. The summed E-state index contributed by atoms with van der Waals surface area (Å²) < 4.78 is 17.6. The highest BCUT2D eigenvalue weighted by Gasteiger charge is 2.28. The highest BCUT2D eigenvalue weighted by molar-refractivity contribution is 6.05. The largest absolute Gasteiger partial charge is 0.372 e. The Balaban J connectivity index is 0.783. The van der Waals surface area contributed by atoms with Crippen LogP contribution in [0.4, 0.5) is 26.2 Å². The summed E-state index contributed by atoms with van der Waals surface area (Å²) >= 11 is 0. The summed E-state index contributed by atoms with van der Waals surface area (Å²) in [7, 11) is 0. The number of carbonyl (C=O) groups is 3. The van der Waals surface area contributed by atoms with Crippen molar-refractivity contribution in [2.24, 2.45) is 5.92 Å². The van der Waals surface area contributed by atoms with Crippen molar-refractivity contribution in [2.75, 3.05) is 67.1 Å². The van der Waals surface area contributed by atoms with Gasteiger partial charge in [0.1, 0.15) is 17.8 Å². The third-order valence-corrected chi connectivity index (χ3v) is 12.9. The molecule has 4 amide bonds. The lowest BCUT2D eigenvalue weighted by Crippen LogP contribution is -2.49. The normalized spacial score (nSPS) is 17.2. The van der Waals surface area contributed by atoms with Crippen molar-refractivity contribution >= 4 is 45.9 Å². The number of benzene rings is 3. The van der Waals surface area contributed by atoms with Gasteiger partial charge in [-0.3, -0.25) is 24.7 Å². The fourth-order valence-corrected chi connectivity index (χ4v) is 9.17. The number of nitrogens with one attached hydrogen (secondary N) is 3. The van der Waals surface area contributed by atoms with E-state index in [9.17, 15) is 14.4 Å². The van der Waals surface area contributed by atoms with Gasteiger partial charge in [-0.25, -0.2) is 23.8 Å². The number of fused-ring (bicyclic) bond motifs is 1. The third-order valence-electron chi connectivity index (χ3n) is 12.9. The molecule has 9 rings (SSSR count). The Kier molecular flexibility index (Phi) is 11.6. The van der Waals surface area contributed by atoms with E-state index in [0.717, 1.165) is 109 Å². The van der Waals surface area contributed by atoms with Gasteiger partial charge in [-0.1, -0.05) is 23.4 Å². The van der Waals surface area contributed by atoms with Crippen molar-refractivity contribution in [3.05, 3.63) is 102 Å². The number of H-pyrrole nitrogens is 1. The van der Waals surface area contributed by atoms with Crippen molar-refractivity contribution in [1.29, 1.82) is 0 Å². The number of halogens is 1. The minimum absolute atomic E-state index is 0.232. The number of hydrogen-bond donors (Lipinski definition) is 3. The van der Waals surface area contributed by atoms with Crippen LogP contribution >= 0.6 is 0 Å². The number of aromatic amines is 1. The van der Waals surface area contributed by atoms with Crippen LogP contribution in [0.2, 0.25) is 0 Å². The second-order valence-electron chi connectivity index (χ2n) is 18.3. The molecule has 3 saturated heterocycles. The van der Waals surface area contributed by atoms with Crippen molar-refractivity contribution < 1.29 is 18.8 Å². The van der Waals surface area contributed by atoms with Crippen LogP contribution < -0.4 is 25.3 Å². The fourth-order valence-electron chi connectivity index (χ4n) is 9.17. The molecule has 3 aliphatic heterocycles. The van der Waals surface area contributed by atoms with Gasteiger partial charge in [0.2, 0.25) is 5.91 Å². The first-order valence-electron chi connectivity index (χ1n) is 22.2. The number of urea groups is 1. The number of hydrogen-bond acceptors (Lipinski definition) is 10. The van der Waals surface area contributed by atoms with Gasteiger partial charge in [0.25, 0.3) is 5.91 Å². The van der Waals surface area contributed by atoms with Crippen molar-refractivity contribution in [2.45, 2.75) is 65.5 Å². The number of anilines is 3. The van der Waals surface area contributed by atoms with Crippen LogP contribution in [0.3, 0.4) is 0 Å². The van der Waals surface area contributed by atoms with E-state index in [1.165, 1.54) is 6.33 Å². The zero-order valence-electron chi connectivity index (χ0n) is 37.1. The monoisotopic (exact) mass is 866 g/mol. The predicted octanol–water partition coefficient (Wildman–Crippen LogP) is 7.06. The lowest BCUT2D eigenvalue weighted by atomic mass is 9.95. The molecule has 3 fully saturated rings. The second kappa shape index (κ2) is 17.5. The molecule has 1 atom stereocenters. The van der Waals surface area contributed by atoms with E-state index in [-0.39, 0.29) is 40.9 Å². The summed E-state index contributed by atoms with van der Waals surface area (Å²) in [6.45, 7) is 16.7. The van der Waals surface area contributed by atoms with E-state index in [2.05, 4.69) is 68.8 Å². The summed E-state index contributed by atoms with van der Waals surface area (Å²) in [6, 6.07) is 20.9. The van der Waals surface area contributed by atoms with Crippen LogP contribution in [0, 0.1) is 18.7 Å². The van der Waals surface area contributed by atoms with E-state index in [1.807, 2.05) is 77.1 Å². The molecule has 0 saturated carbocycles. The number of aromatic nitrogens is 6. The minimum Gasteiger partial charge on any atom is -0.372 e. The number of piperidine rings is 1. The standard InChI is InChI=1S/C48H55FN12O3/c1-30-24-34(6-12-37(30)31(2)52-46(63)41-28-61(56-55-41)48(3,4)5)44-38-26-40(53-45(38)51-29-50-44)33-7-13-42(39(49)25-33)59-22-20-57(21-23-59)27-32-14-17-58(18-15-32)35-8-10-36(11-9-35)60-19-16-43(62)54-47(60)64/h6-13,24-26,28-29,31-32H,14-23,27H2,1-5H3,(H,52,63)(H,50,51,53)(H,54,62,64)/t31-/m1/s1. The minimum atomic E-state index is -0.367. The molecule has 16 heteroatoms. The highest BCUT2D eigenvalue weighted by Crippen LogP contribution is 2.34. The molecule has 0 aliphatic carbocycles. The number of carbonyl (C=O) groups excluding carboxylic acids is 3. The topological polar surface area (TPSA) is 161 Å². The Labute approximate surface area is 372 Å². The van der Waals surface area contributed by atoms with Crippen molar-refractivity contribution in [3.8, 4) is 22.5 Å². The predicted molar refractivity (Wildman–Crippen MR) is 246 cm³/mol. The van der Waals surface area contributed by atoms with Crippen LogP contribution in [0.5, 0.6) is 0 Å². The van der Waals surface area contributed by atoms with E-state index in [0.29, 0.717) is 30.2 Å². The number of imide groups is 1. The summed E-state index contributed by atoms with van der Waals surface area (Å²) in [4.78, 5) is 58.0. The molecule has 3 aromatic heterocycles. The molecule has 6 aromatic rings. The van der Waals surface area contributed by atoms with Crippen LogP contribution in [0.25, 0.3) is 33.5 Å². The maximum absolute atomic E-state index is 15.9. The van der Waals surface area contributed by atoms with E-state index in [4.69, 9.17) is 0 Å². The zero-order chi connectivity index (χ0) is 44.7. The van der Waals surface area contributed by atoms with Gasteiger partial charge in [0.15, 0.2) is 5.69 Å². The van der Waals surface area contributed by atoms with Gasteiger partial charge in [-0.15, -0.1) is 5.10 Å². The summed E-state index contributed by atoms with van der Waals surface area (Å²) in [6.07, 6.45) is 5.72. The molecule has 0 spiro atoms. The lowest BCUT2D eigenvalue weighted by molar-refractivity contribution is -0.120. The molecule has 0 radical (unpaired) electrons. The quantitative estimate of drug-likeness (QED) is 0.130. The van der Waals surface area contributed by atoms with Gasteiger partial charge in [0, 0.05) is 92.4 Å². The third kappa shape index (κ3) is 8.91. The summed E-state index contributed by atoms with van der Waals surface area (Å²) in [5.41, 5.74) is 8.34. The van der Waals surface area contributed by atoms with Crippen LogP contribution in [0.15, 0.2) is 79.3 Å². The molecule has 0 bridgehead atoms. The zero-order valence-corrected chi connectivity index (χ0v) is 37.1. The summed E-state index contributed by atoms with van der Waals surface area (Å²) in [5.74, 6) is -0.165. The Hall–Kier alpha value is -6.68. The van der Waals surface area contributed by atoms with Crippen LogP contribution in [-0.2, 0) is 10.3 Å². The average molecular weight is 867 g/mol. The van der Waals surface area contributed by atoms with Crippen LogP contribution in [-0.4, -0.2) is 105 Å². The smallest absolute Gasteiger partial charge is 0.328 e. The first-order chi connectivity index (χ1) is 30.8. The molecule has 3 aliphatic rings. The Bertz CT molecular complexity index is 2690. The van der Waals surface area contributed by atoms with Gasteiger partial charge < -0.3 is 20.1 Å². The van der Waals surface area contributed by atoms with Gasteiger partial charge >= 0.3 is 6.03 Å². The van der Waals surface area contributed by atoms with E-state index >= 15 is 4.39 Å². The van der Waals surface area contributed by atoms with Gasteiger partial charge in [-0.05, 0) is 113 Å². The SMILES string of the molecule is Cc1cc(-c2ncnc3[nH]c(-c4ccc(N5CCN(CC6CCN(c7ccc(N8CCC(=O)NC8=O)cc7)CC6)CC5)c(F)c4)cc23)ccc1[C@@H](C)NC(=O)c1cn(C(C)(C)C)nn1. The molecule has 332 valence electrons. The Morgan fingerprint density at radius 1 is 0.875 bits per heavy atom. The van der Waals surface area contributed by atoms with Crippen molar-refractivity contribution in [1.82, 2.24) is 45.5 Å². The maximum atomic E-state index is 15.9. The second-order valence-corrected chi connectivity index (χ2v) is 18.3. The molecule has 0 unspecified atom stereocenters. The molecular formula is C48H55FN12O3. The maximum Gasteiger partial charge on any atom is 0.328 e. The van der Waals surface area contributed by atoms with Crippen LogP contribution in [0.1, 0.15) is 74.6 Å². The first kappa shape index (κ1) is 42.6. The summed E-state index contributed by atoms with van der Waals surface area (Å²) in [5, 5.41) is 14.5. The lowest BCUT2D eigenvalue weighted by Gasteiger charge is -2.40. The molecule has 64 heavy (non-hydrogen) atoms. The molecular weight excluding hydrogens is 812 g/mol. The first-order valence-corrected chi connectivity index (χ1v) is 22.2. The number of aryl methyl sites for hydroxylation is 1. The molecule has 3 N–H and O–H groups in total. The number of piperazine rings is 1. The van der Waals surface area contributed by atoms with Crippen molar-refractivity contribution in [3.63, 3.8) is 0 Å². The van der Waals surface area contributed by atoms with Gasteiger partial charge in [-0.2, -0.15) is 0 Å². The van der Waals surface area contributed by atoms with Gasteiger partial charge in [0.05, 0.1) is 29.2 Å².